The van der Waals surface area contributed by atoms with Crippen LogP contribution in [0.25, 0.3) is 0 Å². The van der Waals surface area contributed by atoms with Crippen LogP contribution in [-0.4, -0.2) is 36.3 Å². The summed E-state index contributed by atoms with van der Waals surface area (Å²) in [7, 11) is -3.70. The van der Waals surface area contributed by atoms with Crippen LogP contribution in [0.5, 0.6) is 0 Å². The Hall–Kier alpha value is -2.16. The Morgan fingerprint density at radius 1 is 1.07 bits per heavy atom. The smallest absolute Gasteiger partial charge is 0.251 e. The molecule has 0 saturated carbocycles. The van der Waals surface area contributed by atoms with E-state index < -0.39 is 21.5 Å². The number of aromatic nitrogens is 1. The molecule has 7 nitrogen and oxygen atoms in total. The van der Waals surface area contributed by atoms with Gasteiger partial charge in [-0.05, 0) is 37.1 Å². The van der Waals surface area contributed by atoms with Gasteiger partial charge in [0.25, 0.3) is 5.56 Å². The normalized spacial score (nSPS) is 15.8. The highest BCUT2D eigenvalue weighted by atomic mass is 35.5. The Morgan fingerprint density at radius 2 is 1.79 bits per heavy atom. The summed E-state index contributed by atoms with van der Waals surface area (Å²) in [6, 6.07) is 9.11. The van der Waals surface area contributed by atoms with E-state index in [-0.39, 0.29) is 11.4 Å². The number of pyridine rings is 1. The lowest BCUT2D eigenvalue weighted by Crippen LogP contribution is -2.33. The fraction of sp³-hybridized carbons (Fsp3) is 0.368. The molecule has 1 N–H and O–H groups in total. The van der Waals surface area contributed by atoms with E-state index in [2.05, 4.69) is 5.32 Å². The van der Waals surface area contributed by atoms with Crippen molar-refractivity contribution in [2.75, 3.05) is 18.4 Å². The first-order chi connectivity index (χ1) is 13.4. The number of hydrogen-bond donors (Lipinski definition) is 1. The Morgan fingerprint density at radius 3 is 2.46 bits per heavy atom. The maximum Gasteiger partial charge on any atom is 0.251 e. The number of benzene rings is 1. The summed E-state index contributed by atoms with van der Waals surface area (Å²) in [5.41, 5.74) is 0.0509. The predicted octanol–water partition coefficient (Wildman–Crippen LogP) is 2.71. The average Bonchev–Trinajstić information content (AvgIpc) is 2.93. The van der Waals surface area contributed by atoms with Crippen LogP contribution in [0.15, 0.2) is 52.3 Å². The van der Waals surface area contributed by atoms with E-state index in [9.17, 15) is 18.0 Å². The molecule has 1 fully saturated rings. The van der Waals surface area contributed by atoms with Gasteiger partial charge in [-0.2, -0.15) is 4.31 Å². The maximum atomic E-state index is 12.9. The van der Waals surface area contributed by atoms with Crippen LogP contribution < -0.4 is 10.9 Å². The van der Waals surface area contributed by atoms with Crippen molar-refractivity contribution in [2.45, 2.75) is 37.1 Å². The summed E-state index contributed by atoms with van der Waals surface area (Å²) in [6.45, 7) is 0.641. The zero-order valence-corrected chi connectivity index (χ0v) is 16.9. The molecular weight excluding hydrogens is 402 g/mol. The molecular formula is C19H22ClN3O4S. The van der Waals surface area contributed by atoms with E-state index >= 15 is 0 Å². The molecule has 1 amide bonds. The number of nitrogens with zero attached hydrogens (tertiary/aromatic N) is 2. The van der Waals surface area contributed by atoms with Gasteiger partial charge in [-0.25, -0.2) is 8.42 Å². The van der Waals surface area contributed by atoms with Crippen LogP contribution >= 0.6 is 11.6 Å². The molecule has 1 aliphatic heterocycles. The van der Waals surface area contributed by atoms with Gasteiger partial charge in [-0.15, -0.1) is 0 Å². The van der Waals surface area contributed by atoms with Gasteiger partial charge in [0.1, 0.15) is 6.54 Å². The minimum atomic E-state index is -3.70. The largest absolute Gasteiger partial charge is 0.324 e. The van der Waals surface area contributed by atoms with Crippen molar-refractivity contribution in [3.63, 3.8) is 0 Å². The number of carbonyl (C=O) groups is 1. The highest BCUT2D eigenvalue weighted by Gasteiger charge is 2.25. The van der Waals surface area contributed by atoms with Gasteiger partial charge in [-0.3, -0.25) is 9.59 Å². The molecule has 0 radical (unpaired) electrons. The summed E-state index contributed by atoms with van der Waals surface area (Å²) in [5.74, 6) is -0.450. The molecule has 0 aliphatic carbocycles. The maximum absolute atomic E-state index is 12.9. The Bertz CT molecular complexity index is 1010. The number of halogens is 1. The predicted molar refractivity (Wildman–Crippen MR) is 108 cm³/mol. The number of carbonyl (C=O) groups excluding carboxylic acids is 1. The lowest BCUT2D eigenvalue weighted by atomic mass is 10.2. The monoisotopic (exact) mass is 423 g/mol. The molecule has 1 aliphatic rings. The van der Waals surface area contributed by atoms with Gasteiger partial charge in [0.15, 0.2) is 0 Å². The zero-order valence-electron chi connectivity index (χ0n) is 15.3. The van der Waals surface area contributed by atoms with E-state index in [1.165, 1.54) is 22.6 Å². The molecule has 0 spiro atoms. The molecule has 150 valence electrons. The summed E-state index contributed by atoms with van der Waals surface area (Å²) >= 11 is 5.89. The molecule has 2 heterocycles. The first-order valence-electron chi connectivity index (χ1n) is 9.12. The van der Waals surface area contributed by atoms with Crippen LogP contribution in [-0.2, 0) is 21.4 Å². The minimum Gasteiger partial charge on any atom is -0.324 e. The number of nitrogens with one attached hydrogen (secondary N) is 1. The number of rotatable bonds is 5. The minimum absolute atomic E-state index is 0.0181. The Labute approximate surface area is 169 Å². The van der Waals surface area contributed by atoms with Gasteiger partial charge in [0, 0.05) is 36.1 Å². The van der Waals surface area contributed by atoms with E-state index in [1.54, 1.807) is 24.3 Å². The second-order valence-electron chi connectivity index (χ2n) is 6.71. The quantitative estimate of drug-likeness (QED) is 0.800. The van der Waals surface area contributed by atoms with Gasteiger partial charge in [-0.1, -0.05) is 30.5 Å². The molecule has 1 aromatic carbocycles. The third kappa shape index (κ3) is 5.01. The molecule has 1 saturated heterocycles. The summed E-state index contributed by atoms with van der Waals surface area (Å²) in [6.07, 6.45) is 4.90. The van der Waals surface area contributed by atoms with Crippen LogP contribution in [0.1, 0.15) is 25.7 Å². The molecule has 28 heavy (non-hydrogen) atoms. The second-order valence-corrected chi connectivity index (χ2v) is 9.08. The number of anilines is 1. The Kier molecular flexibility index (Phi) is 6.53. The first kappa shape index (κ1) is 20.6. The SMILES string of the molecule is O=C(Cn1cc(S(=O)(=O)N2CCCCCC2)ccc1=O)Nc1cccc(Cl)c1. The lowest BCUT2D eigenvalue weighted by Gasteiger charge is -2.20. The fourth-order valence-electron chi connectivity index (χ4n) is 3.14. The van der Waals surface area contributed by atoms with Crippen molar-refractivity contribution in [3.05, 3.63) is 58.0 Å². The second kappa shape index (κ2) is 8.89. The van der Waals surface area contributed by atoms with E-state index in [0.29, 0.717) is 23.8 Å². The lowest BCUT2D eigenvalue weighted by molar-refractivity contribution is -0.116. The van der Waals surface area contributed by atoms with Crippen LogP contribution in [0.2, 0.25) is 5.02 Å². The molecule has 0 atom stereocenters. The third-order valence-corrected chi connectivity index (χ3v) is 6.70. The summed E-state index contributed by atoms with van der Waals surface area (Å²) in [4.78, 5) is 24.4. The fourth-order valence-corrected chi connectivity index (χ4v) is 4.87. The van der Waals surface area contributed by atoms with Crippen LogP contribution in [0.3, 0.4) is 0 Å². The number of hydrogen-bond acceptors (Lipinski definition) is 4. The standard InChI is InChI=1S/C19H22ClN3O4S/c20-15-6-5-7-16(12-15)21-18(24)14-22-13-17(8-9-19(22)25)28(26,27)23-10-3-1-2-4-11-23/h5-9,12-13H,1-4,10-11,14H2,(H,21,24). The zero-order chi connectivity index (χ0) is 20.1. The number of sulfonamides is 1. The van der Waals surface area contributed by atoms with Crippen molar-refractivity contribution in [1.29, 1.82) is 0 Å². The van der Waals surface area contributed by atoms with Gasteiger partial charge < -0.3 is 9.88 Å². The molecule has 1 aromatic heterocycles. The summed E-state index contributed by atoms with van der Waals surface area (Å²) < 4.78 is 28.4. The van der Waals surface area contributed by atoms with E-state index in [0.717, 1.165) is 30.3 Å². The first-order valence-corrected chi connectivity index (χ1v) is 10.9. The van der Waals surface area contributed by atoms with Gasteiger partial charge in [0.05, 0.1) is 4.90 Å². The van der Waals surface area contributed by atoms with E-state index in [4.69, 9.17) is 11.6 Å². The molecule has 0 unspecified atom stereocenters. The highest BCUT2D eigenvalue weighted by Crippen LogP contribution is 2.19. The molecule has 0 bridgehead atoms. The number of amides is 1. The van der Waals surface area contributed by atoms with Crippen molar-refractivity contribution in [3.8, 4) is 0 Å². The Balaban J connectivity index is 1.79. The van der Waals surface area contributed by atoms with Crippen LogP contribution in [0, 0.1) is 0 Å². The van der Waals surface area contributed by atoms with E-state index in [1.807, 2.05) is 0 Å². The van der Waals surface area contributed by atoms with Crippen molar-refractivity contribution < 1.29 is 13.2 Å². The van der Waals surface area contributed by atoms with Gasteiger partial charge in [0.2, 0.25) is 15.9 Å². The molecule has 2 aromatic rings. The van der Waals surface area contributed by atoms with Crippen LogP contribution in [0.4, 0.5) is 5.69 Å². The van der Waals surface area contributed by atoms with Gasteiger partial charge >= 0.3 is 0 Å². The average molecular weight is 424 g/mol. The van der Waals surface area contributed by atoms with Crippen molar-refractivity contribution >= 4 is 33.2 Å². The molecule has 9 heteroatoms. The summed E-state index contributed by atoms with van der Waals surface area (Å²) in [5, 5.41) is 3.12. The third-order valence-electron chi connectivity index (χ3n) is 4.58. The van der Waals surface area contributed by atoms with Crippen molar-refractivity contribution in [1.82, 2.24) is 8.87 Å². The van der Waals surface area contributed by atoms with Crippen molar-refractivity contribution in [2.24, 2.45) is 0 Å². The molecule has 3 rings (SSSR count). The topological polar surface area (TPSA) is 88.5 Å². The highest BCUT2D eigenvalue weighted by molar-refractivity contribution is 7.89.